The summed E-state index contributed by atoms with van der Waals surface area (Å²) in [5.74, 6) is -0.763. The van der Waals surface area contributed by atoms with Gasteiger partial charge in [0, 0.05) is 13.2 Å². The highest BCUT2D eigenvalue weighted by Gasteiger charge is 2.22. The number of aromatic carboxylic acids is 1. The number of hydrogen-bond acceptors (Lipinski definition) is 5. The molecule has 7 nitrogen and oxygen atoms in total. The Morgan fingerprint density at radius 3 is 2.85 bits per heavy atom. The maximum atomic E-state index is 11.4. The Morgan fingerprint density at radius 1 is 1.50 bits per heavy atom. The SMILES string of the molecule is CCOc1c(C(=O)O)c(C)nc2c1cnn2CCCO. The molecule has 2 aromatic rings. The quantitative estimate of drug-likeness (QED) is 0.825. The number of aryl methyl sites for hydroxylation is 2. The third kappa shape index (κ3) is 2.44. The molecule has 0 aliphatic rings. The minimum absolute atomic E-state index is 0.0614. The summed E-state index contributed by atoms with van der Waals surface area (Å²) in [7, 11) is 0. The van der Waals surface area contributed by atoms with Gasteiger partial charge in [-0.3, -0.25) is 0 Å². The topological polar surface area (TPSA) is 97.5 Å². The smallest absolute Gasteiger partial charge is 0.341 e. The van der Waals surface area contributed by atoms with Crippen LogP contribution in [0.5, 0.6) is 5.75 Å². The summed E-state index contributed by atoms with van der Waals surface area (Å²) in [6.45, 7) is 4.37. The van der Waals surface area contributed by atoms with Crippen LogP contribution in [0.2, 0.25) is 0 Å². The number of hydrogen-bond donors (Lipinski definition) is 2. The van der Waals surface area contributed by atoms with Crippen LogP contribution in [0.25, 0.3) is 11.0 Å². The van der Waals surface area contributed by atoms with Crippen LogP contribution in [-0.4, -0.2) is 44.2 Å². The van der Waals surface area contributed by atoms with Gasteiger partial charge in [0.1, 0.15) is 11.3 Å². The summed E-state index contributed by atoms with van der Waals surface area (Å²) in [4.78, 5) is 15.7. The van der Waals surface area contributed by atoms with Crippen LogP contribution in [0.3, 0.4) is 0 Å². The second-order valence-electron chi connectivity index (χ2n) is 4.32. The van der Waals surface area contributed by atoms with E-state index in [1.165, 1.54) is 0 Å². The molecule has 20 heavy (non-hydrogen) atoms. The molecule has 0 radical (unpaired) electrons. The van der Waals surface area contributed by atoms with Gasteiger partial charge in [-0.15, -0.1) is 0 Å². The Kier molecular flexibility index (Phi) is 4.19. The molecule has 2 rings (SSSR count). The molecule has 0 saturated heterocycles. The predicted octanol–water partition coefficient (Wildman–Crippen LogP) is 1.22. The van der Waals surface area contributed by atoms with Gasteiger partial charge in [0.2, 0.25) is 0 Å². The number of pyridine rings is 1. The first kappa shape index (κ1) is 14.3. The van der Waals surface area contributed by atoms with Gasteiger partial charge in [-0.25, -0.2) is 14.5 Å². The molecule has 0 aromatic carbocycles. The fourth-order valence-electron chi connectivity index (χ4n) is 2.10. The van der Waals surface area contributed by atoms with Crippen LogP contribution in [0.4, 0.5) is 0 Å². The van der Waals surface area contributed by atoms with E-state index in [0.717, 1.165) is 0 Å². The number of carboxylic acid groups (broad SMARTS) is 1. The molecule has 0 bridgehead atoms. The van der Waals surface area contributed by atoms with Gasteiger partial charge in [-0.05, 0) is 20.3 Å². The number of rotatable bonds is 6. The van der Waals surface area contributed by atoms with Crippen LogP contribution in [0.15, 0.2) is 6.20 Å². The maximum absolute atomic E-state index is 11.4. The van der Waals surface area contributed by atoms with E-state index in [1.807, 2.05) is 0 Å². The number of nitrogens with zero attached hydrogens (tertiary/aromatic N) is 3. The van der Waals surface area contributed by atoms with Crippen molar-refractivity contribution in [3.05, 3.63) is 17.5 Å². The summed E-state index contributed by atoms with van der Waals surface area (Å²) >= 11 is 0. The number of carbonyl (C=O) groups is 1. The van der Waals surface area contributed by atoms with Gasteiger partial charge in [0.15, 0.2) is 5.65 Å². The molecule has 0 saturated carbocycles. The predicted molar refractivity (Wildman–Crippen MR) is 72.1 cm³/mol. The molecule has 0 atom stereocenters. The molecule has 108 valence electrons. The first-order chi connectivity index (χ1) is 9.60. The van der Waals surface area contributed by atoms with Gasteiger partial charge >= 0.3 is 5.97 Å². The molecule has 2 N–H and O–H groups in total. The Morgan fingerprint density at radius 2 is 2.25 bits per heavy atom. The first-order valence-corrected chi connectivity index (χ1v) is 6.43. The number of aromatic nitrogens is 3. The fourth-order valence-corrected chi connectivity index (χ4v) is 2.10. The van der Waals surface area contributed by atoms with Crippen molar-refractivity contribution in [2.45, 2.75) is 26.8 Å². The zero-order chi connectivity index (χ0) is 14.7. The van der Waals surface area contributed by atoms with Crippen LogP contribution in [0.1, 0.15) is 29.4 Å². The Hall–Kier alpha value is -2.15. The zero-order valence-electron chi connectivity index (χ0n) is 11.5. The molecule has 2 heterocycles. The lowest BCUT2D eigenvalue weighted by atomic mass is 10.1. The molecule has 0 fully saturated rings. The van der Waals surface area contributed by atoms with E-state index < -0.39 is 5.97 Å². The van der Waals surface area contributed by atoms with Gasteiger partial charge in [-0.1, -0.05) is 0 Å². The summed E-state index contributed by atoms with van der Waals surface area (Å²) in [6.07, 6.45) is 2.11. The number of aliphatic hydroxyl groups is 1. The van der Waals surface area contributed by atoms with E-state index in [4.69, 9.17) is 9.84 Å². The van der Waals surface area contributed by atoms with Crippen LogP contribution < -0.4 is 4.74 Å². The molecule has 0 amide bonds. The van der Waals surface area contributed by atoms with E-state index in [2.05, 4.69) is 10.1 Å². The van der Waals surface area contributed by atoms with Crippen molar-refractivity contribution in [1.82, 2.24) is 14.8 Å². The van der Waals surface area contributed by atoms with Crippen molar-refractivity contribution in [3.8, 4) is 5.75 Å². The second-order valence-corrected chi connectivity index (χ2v) is 4.32. The molecule has 2 aromatic heterocycles. The Balaban J connectivity index is 2.64. The lowest BCUT2D eigenvalue weighted by Crippen LogP contribution is -2.09. The van der Waals surface area contributed by atoms with E-state index in [0.29, 0.717) is 42.0 Å². The van der Waals surface area contributed by atoms with Crippen LogP contribution in [0, 0.1) is 6.92 Å². The van der Waals surface area contributed by atoms with E-state index in [1.54, 1.807) is 24.7 Å². The molecule has 0 aliphatic heterocycles. The standard InChI is InChI=1S/C13H17N3O4/c1-3-20-11-9-7-14-16(5-4-6-17)12(9)15-8(2)10(11)13(18)19/h7,17H,3-6H2,1-2H3,(H,18,19). The molecule has 0 unspecified atom stereocenters. The number of ether oxygens (including phenoxy) is 1. The van der Waals surface area contributed by atoms with Gasteiger partial charge in [0.05, 0.1) is 23.9 Å². The molecular weight excluding hydrogens is 262 g/mol. The third-order valence-corrected chi connectivity index (χ3v) is 2.95. The average molecular weight is 279 g/mol. The van der Waals surface area contributed by atoms with Gasteiger partial charge in [0.25, 0.3) is 0 Å². The first-order valence-electron chi connectivity index (χ1n) is 6.43. The van der Waals surface area contributed by atoms with Crippen LogP contribution >= 0.6 is 0 Å². The average Bonchev–Trinajstić information content (AvgIpc) is 2.79. The molecular formula is C13H17N3O4. The largest absolute Gasteiger partial charge is 0.492 e. The second kappa shape index (κ2) is 5.87. The highest BCUT2D eigenvalue weighted by molar-refractivity contribution is 5.99. The summed E-state index contributed by atoms with van der Waals surface area (Å²) < 4.78 is 7.13. The summed E-state index contributed by atoms with van der Waals surface area (Å²) in [6, 6.07) is 0. The fraction of sp³-hybridized carbons (Fsp3) is 0.462. The minimum Gasteiger partial charge on any atom is -0.492 e. The maximum Gasteiger partial charge on any atom is 0.341 e. The molecule has 0 aliphatic carbocycles. The Bertz CT molecular complexity index is 636. The number of carboxylic acids is 1. The van der Waals surface area contributed by atoms with Crippen LogP contribution in [-0.2, 0) is 6.54 Å². The van der Waals surface area contributed by atoms with Gasteiger partial charge in [-0.2, -0.15) is 5.10 Å². The lowest BCUT2D eigenvalue weighted by molar-refractivity contribution is 0.0691. The Labute approximate surface area is 115 Å². The normalized spacial score (nSPS) is 10.9. The van der Waals surface area contributed by atoms with Crippen molar-refractivity contribution in [1.29, 1.82) is 0 Å². The number of aliphatic hydroxyl groups excluding tert-OH is 1. The van der Waals surface area contributed by atoms with E-state index >= 15 is 0 Å². The van der Waals surface area contributed by atoms with Crippen molar-refractivity contribution >= 4 is 17.0 Å². The summed E-state index contributed by atoms with van der Waals surface area (Å²) in [5.41, 5.74) is 1.03. The highest BCUT2D eigenvalue weighted by atomic mass is 16.5. The van der Waals surface area contributed by atoms with Gasteiger partial charge < -0.3 is 14.9 Å². The van der Waals surface area contributed by atoms with E-state index in [-0.39, 0.29) is 12.2 Å². The van der Waals surface area contributed by atoms with E-state index in [9.17, 15) is 9.90 Å². The van der Waals surface area contributed by atoms with Crippen molar-refractivity contribution < 1.29 is 19.7 Å². The number of fused-ring (bicyclic) bond motifs is 1. The van der Waals surface area contributed by atoms with Crippen molar-refractivity contribution in [2.75, 3.05) is 13.2 Å². The van der Waals surface area contributed by atoms with Crippen molar-refractivity contribution in [3.63, 3.8) is 0 Å². The third-order valence-electron chi connectivity index (χ3n) is 2.95. The zero-order valence-corrected chi connectivity index (χ0v) is 11.5. The van der Waals surface area contributed by atoms with Crippen molar-refractivity contribution in [2.24, 2.45) is 0 Å². The molecule has 0 spiro atoms. The lowest BCUT2D eigenvalue weighted by Gasteiger charge is -2.11. The summed E-state index contributed by atoms with van der Waals surface area (Å²) in [5, 5.41) is 22.9. The monoisotopic (exact) mass is 279 g/mol. The molecule has 7 heteroatoms. The minimum atomic E-state index is -1.07. The highest BCUT2D eigenvalue weighted by Crippen LogP contribution is 2.30.